The molecule has 5 nitrogen and oxygen atoms in total. The topological polar surface area (TPSA) is 70.6 Å². The summed E-state index contributed by atoms with van der Waals surface area (Å²) in [7, 11) is 0. The molecule has 0 saturated heterocycles. The summed E-state index contributed by atoms with van der Waals surface area (Å²) >= 11 is 0. The molecule has 3 N–H and O–H groups in total. The van der Waals surface area contributed by atoms with Gasteiger partial charge < -0.3 is 20.5 Å². The van der Waals surface area contributed by atoms with Crippen molar-refractivity contribution in [2.45, 2.75) is 56.4 Å². The minimum Gasteiger partial charge on any atom is -0.445 e. The molecule has 0 bridgehead atoms. The molecule has 2 aliphatic carbocycles. The highest BCUT2D eigenvalue weighted by Crippen LogP contribution is 2.31. The van der Waals surface area contributed by atoms with Gasteiger partial charge in [0.1, 0.15) is 6.61 Å². The van der Waals surface area contributed by atoms with E-state index in [0.717, 1.165) is 37.7 Å². The fourth-order valence-corrected chi connectivity index (χ4v) is 2.93. The number of rotatable bonds is 6. The largest absolute Gasteiger partial charge is 0.445 e. The van der Waals surface area contributed by atoms with Gasteiger partial charge in [0.05, 0.1) is 5.60 Å². The van der Waals surface area contributed by atoms with E-state index < -0.39 is 5.60 Å². The Labute approximate surface area is 131 Å². The molecule has 0 radical (unpaired) electrons. The summed E-state index contributed by atoms with van der Waals surface area (Å²) in [5, 5.41) is 16.3. The highest BCUT2D eigenvalue weighted by atomic mass is 16.5. The van der Waals surface area contributed by atoms with Crippen LogP contribution in [-0.4, -0.2) is 35.4 Å². The first-order valence-corrected chi connectivity index (χ1v) is 8.06. The zero-order chi connectivity index (χ0) is 15.4. The number of hydrogen-bond donors (Lipinski definition) is 3. The Kier molecular flexibility index (Phi) is 4.64. The van der Waals surface area contributed by atoms with Gasteiger partial charge in [-0.05, 0) is 37.7 Å². The van der Waals surface area contributed by atoms with E-state index in [4.69, 9.17) is 4.74 Å². The molecule has 1 amide bonds. The van der Waals surface area contributed by atoms with Gasteiger partial charge in [0.15, 0.2) is 0 Å². The van der Waals surface area contributed by atoms with Gasteiger partial charge in [-0.3, -0.25) is 0 Å². The van der Waals surface area contributed by atoms with Crippen molar-refractivity contribution in [3.8, 4) is 0 Å². The van der Waals surface area contributed by atoms with Crippen LogP contribution in [0.4, 0.5) is 4.79 Å². The van der Waals surface area contributed by atoms with Crippen molar-refractivity contribution in [1.29, 1.82) is 0 Å². The van der Waals surface area contributed by atoms with Crippen LogP contribution in [0.25, 0.3) is 0 Å². The highest BCUT2D eigenvalue weighted by Gasteiger charge is 2.37. The van der Waals surface area contributed by atoms with E-state index >= 15 is 0 Å². The number of hydrogen-bond acceptors (Lipinski definition) is 4. The van der Waals surface area contributed by atoms with Crippen LogP contribution in [0, 0.1) is 0 Å². The van der Waals surface area contributed by atoms with E-state index in [0.29, 0.717) is 19.2 Å². The average Bonchev–Trinajstić information content (AvgIpc) is 2.46. The normalized spacial score (nSPS) is 25.7. The van der Waals surface area contributed by atoms with E-state index in [1.165, 1.54) is 0 Å². The van der Waals surface area contributed by atoms with Gasteiger partial charge in [0.25, 0.3) is 0 Å². The molecule has 0 atom stereocenters. The third-order valence-electron chi connectivity index (χ3n) is 4.68. The van der Waals surface area contributed by atoms with E-state index in [9.17, 15) is 9.90 Å². The van der Waals surface area contributed by atoms with Crippen LogP contribution in [0.15, 0.2) is 30.3 Å². The van der Waals surface area contributed by atoms with Crippen LogP contribution in [0.3, 0.4) is 0 Å². The smallest absolute Gasteiger partial charge is 0.407 e. The van der Waals surface area contributed by atoms with Gasteiger partial charge >= 0.3 is 6.09 Å². The number of carbonyl (C=O) groups excluding carboxylic acids is 1. The summed E-state index contributed by atoms with van der Waals surface area (Å²) in [5.74, 6) is 0. The molecule has 22 heavy (non-hydrogen) atoms. The van der Waals surface area contributed by atoms with Crippen molar-refractivity contribution in [1.82, 2.24) is 10.6 Å². The second-order valence-corrected chi connectivity index (χ2v) is 6.53. The maximum Gasteiger partial charge on any atom is 0.407 e. The lowest BCUT2D eigenvalue weighted by Crippen LogP contribution is -2.56. The number of alkyl carbamates (subject to hydrolysis) is 1. The Morgan fingerprint density at radius 3 is 2.59 bits per heavy atom. The highest BCUT2D eigenvalue weighted by molar-refractivity contribution is 5.67. The quantitative estimate of drug-likeness (QED) is 0.751. The molecule has 0 spiro atoms. The predicted molar refractivity (Wildman–Crippen MR) is 83.4 cm³/mol. The molecule has 1 aromatic carbocycles. The van der Waals surface area contributed by atoms with Crippen LogP contribution in [-0.2, 0) is 11.3 Å². The van der Waals surface area contributed by atoms with Gasteiger partial charge in [-0.2, -0.15) is 0 Å². The molecule has 1 aromatic rings. The Bertz CT molecular complexity index is 496. The summed E-state index contributed by atoms with van der Waals surface area (Å²) < 4.78 is 5.20. The zero-order valence-electron chi connectivity index (χ0n) is 12.8. The summed E-state index contributed by atoms with van der Waals surface area (Å²) in [5.41, 5.74) is 0.507. The maximum absolute atomic E-state index is 11.7. The van der Waals surface area contributed by atoms with Gasteiger partial charge in [-0.1, -0.05) is 30.3 Å². The van der Waals surface area contributed by atoms with Gasteiger partial charge in [-0.15, -0.1) is 0 Å². The Morgan fingerprint density at radius 2 is 1.95 bits per heavy atom. The SMILES string of the molecule is O=C(NC1CC(NCC2(O)CCC2)C1)OCc1ccccc1. The Morgan fingerprint density at radius 1 is 1.23 bits per heavy atom. The lowest BCUT2D eigenvalue weighted by Gasteiger charge is -2.41. The van der Waals surface area contributed by atoms with Crippen LogP contribution in [0.5, 0.6) is 0 Å². The van der Waals surface area contributed by atoms with Crippen LogP contribution < -0.4 is 10.6 Å². The monoisotopic (exact) mass is 304 g/mol. The first-order chi connectivity index (χ1) is 10.6. The number of nitrogens with one attached hydrogen (secondary N) is 2. The van der Waals surface area contributed by atoms with Gasteiger partial charge in [-0.25, -0.2) is 4.79 Å². The number of aliphatic hydroxyl groups is 1. The van der Waals surface area contributed by atoms with Crippen LogP contribution in [0.2, 0.25) is 0 Å². The molecule has 2 aliphatic rings. The lowest BCUT2D eigenvalue weighted by atomic mass is 9.79. The predicted octanol–water partition coefficient (Wildman–Crippen LogP) is 1.95. The van der Waals surface area contributed by atoms with Gasteiger partial charge in [0.2, 0.25) is 0 Å². The third-order valence-corrected chi connectivity index (χ3v) is 4.68. The summed E-state index contributed by atoms with van der Waals surface area (Å²) in [6.07, 6.45) is 4.37. The number of benzene rings is 1. The molecule has 3 rings (SSSR count). The van der Waals surface area contributed by atoms with Crippen molar-refractivity contribution in [2.75, 3.05) is 6.54 Å². The molecule has 120 valence electrons. The molecule has 2 saturated carbocycles. The first-order valence-electron chi connectivity index (χ1n) is 8.06. The van der Waals surface area contributed by atoms with Crippen LogP contribution >= 0.6 is 0 Å². The van der Waals surface area contributed by atoms with Crippen molar-refractivity contribution in [2.24, 2.45) is 0 Å². The number of amides is 1. The van der Waals surface area contributed by atoms with Crippen molar-refractivity contribution in [3.05, 3.63) is 35.9 Å². The molecule has 0 aromatic heterocycles. The maximum atomic E-state index is 11.7. The van der Waals surface area contributed by atoms with E-state index in [1.54, 1.807) is 0 Å². The van der Waals surface area contributed by atoms with Gasteiger partial charge in [0, 0.05) is 18.6 Å². The standard InChI is InChI=1S/C17H24N2O3/c20-16(22-11-13-5-2-1-3-6-13)19-15-9-14(10-15)18-12-17(21)7-4-8-17/h1-3,5-6,14-15,18,21H,4,7-12H2,(H,19,20). The molecule has 0 unspecified atom stereocenters. The molecular formula is C17H24N2O3. The first kappa shape index (κ1) is 15.3. The molecule has 2 fully saturated rings. The summed E-state index contributed by atoms with van der Waals surface area (Å²) in [6, 6.07) is 10.2. The lowest BCUT2D eigenvalue weighted by molar-refractivity contribution is -0.0357. The van der Waals surface area contributed by atoms with Crippen molar-refractivity contribution < 1.29 is 14.6 Å². The van der Waals surface area contributed by atoms with Crippen LogP contribution in [0.1, 0.15) is 37.7 Å². The minimum absolute atomic E-state index is 0.178. The average molecular weight is 304 g/mol. The van der Waals surface area contributed by atoms with E-state index in [1.807, 2.05) is 30.3 Å². The number of carbonyl (C=O) groups is 1. The van der Waals surface area contributed by atoms with Crippen molar-refractivity contribution >= 4 is 6.09 Å². The second-order valence-electron chi connectivity index (χ2n) is 6.53. The summed E-state index contributed by atoms with van der Waals surface area (Å²) in [6.45, 7) is 0.969. The fraction of sp³-hybridized carbons (Fsp3) is 0.588. The molecule has 0 heterocycles. The van der Waals surface area contributed by atoms with E-state index in [-0.39, 0.29) is 12.1 Å². The Balaban J connectivity index is 1.28. The minimum atomic E-state index is -0.479. The van der Waals surface area contributed by atoms with E-state index in [2.05, 4.69) is 10.6 Å². The Hall–Kier alpha value is -1.59. The summed E-state index contributed by atoms with van der Waals surface area (Å²) in [4.78, 5) is 11.7. The molecular weight excluding hydrogens is 280 g/mol. The fourth-order valence-electron chi connectivity index (χ4n) is 2.93. The van der Waals surface area contributed by atoms with Crippen molar-refractivity contribution in [3.63, 3.8) is 0 Å². The molecule has 0 aliphatic heterocycles. The number of ether oxygens (including phenoxy) is 1. The zero-order valence-corrected chi connectivity index (χ0v) is 12.8. The third kappa shape index (κ3) is 3.99. The second kappa shape index (κ2) is 6.67. The molecule has 5 heteroatoms.